The SMILES string of the molecule is O=C(NCCN1CCN(c2ccc(F)cc2)CC1)C(=O)Nc1ccc(C(F)(F)F)cc1. The number of halogens is 4. The van der Waals surface area contributed by atoms with E-state index in [1.807, 2.05) is 0 Å². The second-order valence-corrected chi connectivity index (χ2v) is 7.09. The van der Waals surface area contributed by atoms with Gasteiger partial charge in [-0.05, 0) is 48.5 Å². The van der Waals surface area contributed by atoms with Crippen LogP contribution < -0.4 is 15.5 Å². The Morgan fingerprint density at radius 3 is 2.06 bits per heavy atom. The third-order valence-corrected chi connectivity index (χ3v) is 4.95. The van der Waals surface area contributed by atoms with E-state index in [9.17, 15) is 27.2 Å². The second-order valence-electron chi connectivity index (χ2n) is 7.09. The molecule has 1 fully saturated rings. The number of hydrogen-bond donors (Lipinski definition) is 2. The number of carbonyl (C=O) groups excluding carboxylic acids is 2. The Hall–Kier alpha value is -3.14. The first kappa shape index (κ1) is 22.5. The van der Waals surface area contributed by atoms with E-state index < -0.39 is 23.6 Å². The van der Waals surface area contributed by atoms with Crippen LogP contribution in [0.3, 0.4) is 0 Å². The Morgan fingerprint density at radius 2 is 1.48 bits per heavy atom. The Morgan fingerprint density at radius 1 is 0.871 bits per heavy atom. The monoisotopic (exact) mass is 438 g/mol. The van der Waals surface area contributed by atoms with E-state index in [0.717, 1.165) is 56.1 Å². The molecule has 0 unspecified atom stereocenters. The number of hydrogen-bond acceptors (Lipinski definition) is 4. The summed E-state index contributed by atoms with van der Waals surface area (Å²) in [5, 5.41) is 4.78. The molecule has 2 aromatic rings. The van der Waals surface area contributed by atoms with Gasteiger partial charge in [0.25, 0.3) is 0 Å². The van der Waals surface area contributed by atoms with Gasteiger partial charge in [0, 0.05) is 50.6 Å². The highest BCUT2D eigenvalue weighted by Crippen LogP contribution is 2.29. The van der Waals surface area contributed by atoms with Crippen molar-refractivity contribution in [3.05, 3.63) is 59.9 Å². The lowest BCUT2D eigenvalue weighted by Gasteiger charge is -2.36. The van der Waals surface area contributed by atoms with Gasteiger partial charge in [-0.25, -0.2) is 4.39 Å². The average molecular weight is 438 g/mol. The number of carbonyl (C=O) groups is 2. The van der Waals surface area contributed by atoms with Gasteiger partial charge >= 0.3 is 18.0 Å². The quantitative estimate of drug-likeness (QED) is 0.557. The number of rotatable bonds is 5. The number of benzene rings is 2. The summed E-state index contributed by atoms with van der Waals surface area (Å²) in [5.74, 6) is -2.08. The van der Waals surface area contributed by atoms with Crippen molar-refractivity contribution < 1.29 is 27.2 Å². The van der Waals surface area contributed by atoms with Crippen LogP contribution in [0.1, 0.15) is 5.56 Å². The molecule has 0 aromatic heterocycles. The van der Waals surface area contributed by atoms with Gasteiger partial charge < -0.3 is 15.5 Å². The molecule has 166 valence electrons. The van der Waals surface area contributed by atoms with Crippen molar-refractivity contribution in [2.75, 3.05) is 49.5 Å². The normalized spacial score (nSPS) is 14.9. The zero-order chi connectivity index (χ0) is 22.4. The third-order valence-electron chi connectivity index (χ3n) is 4.95. The van der Waals surface area contributed by atoms with Gasteiger partial charge in [0.1, 0.15) is 5.82 Å². The predicted molar refractivity (Wildman–Crippen MR) is 108 cm³/mol. The summed E-state index contributed by atoms with van der Waals surface area (Å²) in [6.07, 6.45) is -4.47. The molecule has 0 spiro atoms. The van der Waals surface area contributed by atoms with Crippen LogP contribution in [0.2, 0.25) is 0 Å². The molecule has 1 aliphatic rings. The maximum Gasteiger partial charge on any atom is 0.416 e. The molecular weight excluding hydrogens is 416 g/mol. The fraction of sp³-hybridized carbons (Fsp3) is 0.333. The summed E-state index contributed by atoms with van der Waals surface area (Å²) in [5.41, 5.74) is 0.217. The lowest BCUT2D eigenvalue weighted by Crippen LogP contribution is -2.49. The van der Waals surface area contributed by atoms with Crippen molar-refractivity contribution in [2.45, 2.75) is 6.18 Å². The van der Waals surface area contributed by atoms with Gasteiger partial charge in [-0.2, -0.15) is 13.2 Å². The van der Waals surface area contributed by atoms with Crippen molar-refractivity contribution in [3.63, 3.8) is 0 Å². The number of amides is 2. The molecule has 2 amide bonds. The molecule has 31 heavy (non-hydrogen) atoms. The summed E-state index contributed by atoms with van der Waals surface area (Å²) in [6, 6.07) is 10.2. The largest absolute Gasteiger partial charge is 0.416 e. The molecule has 0 atom stereocenters. The molecule has 0 aliphatic carbocycles. The van der Waals surface area contributed by atoms with Crippen LogP contribution in [0.25, 0.3) is 0 Å². The number of nitrogens with one attached hydrogen (secondary N) is 2. The Kier molecular flexibility index (Phi) is 7.11. The lowest BCUT2D eigenvalue weighted by molar-refractivity contribution is -0.137. The molecule has 2 aromatic carbocycles. The van der Waals surface area contributed by atoms with Gasteiger partial charge in [0.2, 0.25) is 0 Å². The summed E-state index contributed by atoms with van der Waals surface area (Å²) in [6.45, 7) is 3.84. The summed E-state index contributed by atoms with van der Waals surface area (Å²) in [7, 11) is 0. The standard InChI is InChI=1S/C21H22F4N4O2/c22-16-3-7-18(8-4-16)29-13-11-28(12-14-29)10-9-26-19(30)20(31)27-17-5-1-15(2-6-17)21(23,24)25/h1-8H,9-14H2,(H,26,30)(H,27,31). The second kappa shape index (κ2) is 9.78. The summed E-state index contributed by atoms with van der Waals surface area (Å²) in [4.78, 5) is 28.1. The van der Waals surface area contributed by atoms with Crippen LogP contribution in [0.4, 0.5) is 28.9 Å². The van der Waals surface area contributed by atoms with Crippen molar-refractivity contribution in [1.82, 2.24) is 10.2 Å². The smallest absolute Gasteiger partial charge is 0.369 e. The minimum absolute atomic E-state index is 0.102. The fourth-order valence-electron chi connectivity index (χ4n) is 3.22. The highest BCUT2D eigenvalue weighted by Gasteiger charge is 2.30. The van der Waals surface area contributed by atoms with Crippen molar-refractivity contribution in [3.8, 4) is 0 Å². The predicted octanol–water partition coefficient (Wildman–Crippen LogP) is 2.72. The van der Waals surface area contributed by atoms with E-state index in [1.165, 1.54) is 12.1 Å². The highest BCUT2D eigenvalue weighted by molar-refractivity contribution is 6.39. The van der Waals surface area contributed by atoms with Crippen LogP contribution in [0.15, 0.2) is 48.5 Å². The third kappa shape index (κ3) is 6.42. The molecule has 3 rings (SSSR count). The van der Waals surface area contributed by atoms with Crippen molar-refractivity contribution >= 4 is 23.2 Å². The van der Waals surface area contributed by atoms with Crippen LogP contribution in [-0.2, 0) is 15.8 Å². The molecule has 1 heterocycles. The number of nitrogens with zero attached hydrogens (tertiary/aromatic N) is 2. The van der Waals surface area contributed by atoms with E-state index >= 15 is 0 Å². The number of alkyl halides is 3. The Balaban J connectivity index is 1.37. The first-order chi connectivity index (χ1) is 14.7. The Labute approximate surface area is 176 Å². The topological polar surface area (TPSA) is 64.7 Å². The van der Waals surface area contributed by atoms with E-state index in [4.69, 9.17) is 0 Å². The lowest BCUT2D eigenvalue weighted by atomic mass is 10.2. The zero-order valence-corrected chi connectivity index (χ0v) is 16.6. The van der Waals surface area contributed by atoms with Crippen LogP contribution >= 0.6 is 0 Å². The molecule has 10 heteroatoms. The molecule has 1 aliphatic heterocycles. The van der Waals surface area contributed by atoms with Gasteiger partial charge in [0.05, 0.1) is 5.56 Å². The number of piperazine rings is 1. The van der Waals surface area contributed by atoms with Crippen molar-refractivity contribution in [1.29, 1.82) is 0 Å². The van der Waals surface area contributed by atoms with E-state index in [-0.39, 0.29) is 18.0 Å². The van der Waals surface area contributed by atoms with E-state index in [0.29, 0.717) is 6.54 Å². The van der Waals surface area contributed by atoms with Crippen LogP contribution in [0, 0.1) is 5.82 Å². The maximum atomic E-state index is 13.0. The first-order valence-electron chi connectivity index (χ1n) is 9.72. The molecule has 6 nitrogen and oxygen atoms in total. The molecule has 0 saturated carbocycles. The minimum atomic E-state index is -4.47. The van der Waals surface area contributed by atoms with Gasteiger partial charge in [0.15, 0.2) is 0 Å². The molecule has 0 radical (unpaired) electrons. The van der Waals surface area contributed by atoms with Crippen LogP contribution in [0.5, 0.6) is 0 Å². The average Bonchev–Trinajstić information content (AvgIpc) is 2.74. The minimum Gasteiger partial charge on any atom is -0.369 e. The first-order valence-corrected chi connectivity index (χ1v) is 9.72. The summed E-state index contributed by atoms with van der Waals surface area (Å²) >= 11 is 0. The van der Waals surface area contributed by atoms with Crippen LogP contribution in [-0.4, -0.2) is 56.0 Å². The van der Waals surface area contributed by atoms with Gasteiger partial charge in [-0.3, -0.25) is 14.5 Å². The zero-order valence-electron chi connectivity index (χ0n) is 16.6. The van der Waals surface area contributed by atoms with Gasteiger partial charge in [-0.1, -0.05) is 0 Å². The van der Waals surface area contributed by atoms with E-state index in [2.05, 4.69) is 20.4 Å². The summed E-state index contributed by atoms with van der Waals surface area (Å²) < 4.78 is 50.7. The Bertz CT molecular complexity index is 893. The molecule has 0 bridgehead atoms. The number of anilines is 2. The molecular formula is C21H22F4N4O2. The molecule has 2 N–H and O–H groups in total. The van der Waals surface area contributed by atoms with Crippen molar-refractivity contribution in [2.24, 2.45) is 0 Å². The fourth-order valence-corrected chi connectivity index (χ4v) is 3.22. The highest BCUT2D eigenvalue weighted by atomic mass is 19.4. The van der Waals surface area contributed by atoms with E-state index in [1.54, 1.807) is 12.1 Å². The van der Waals surface area contributed by atoms with Gasteiger partial charge in [-0.15, -0.1) is 0 Å². The molecule has 1 saturated heterocycles. The maximum absolute atomic E-state index is 13.0.